The third-order valence-electron chi connectivity index (χ3n) is 5.72. The number of nitrogens with zero attached hydrogens (tertiary/aromatic N) is 1. The second kappa shape index (κ2) is 8.42. The summed E-state index contributed by atoms with van der Waals surface area (Å²) in [7, 11) is 0. The zero-order valence-corrected chi connectivity index (χ0v) is 17.6. The molecular weight excluding hydrogens is 422 g/mol. The molecule has 3 aromatic carbocycles. The standard InChI is InChI=1S/C25H21N3O5/c26-25(30)23-18-3-1-2-4-19(18)28(13-15-5-7-16(8-6-15)20(29)12-27-31)24(23)17-9-10-21-22(11-17)33-14-32-21/h1-11,27,31H,12-14H2,(H2,26,30). The van der Waals surface area contributed by atoms with Gasteiger partial charge in [0.25, 0.3) is 5.91 Å². The number of nitrogens with one attached hydrogen (secondary N) is 1. The van der Waals surface area contributed by atoms with Gasteiger partial charge >= 0.3 is 0 Å². The first-order chi connectivity index (χ1) is 16.1. The maximum Gasteiger partial charge on any atom is 0.251 e. The Hall–Kier alpha value is -4.14. The highest BCUT2D eigenvalue weighted by Crippen LogP contribution is 2.40. The second-order valence-corrected chi connectivity index (χ2v) is 7.71. The molecule has 1 amide bonds. The number of hydroxylamine groups is 1. The van der Waals surface area contributed by atoms with E-state index in [4.69, 9.17) is 20.4 Å². The monoisotopic (exact) mass is 443 g/mol. The maximum absolute atomic E-state index is 12.6. The number of carbonyl (C=O) groups is 2. The second-order valence-electron chi connectivity index (χ2n) is 7.71. The van der Waals surface area contributed by atoms with Gasteiger partial charge in [0.1, 0.15) is 0 Å². The molecule has 0 atom stereocenters. The summed E-state index contributed by atoms with van der Waals surface area (Å²) in [5, 5.41) is 9.53. The first kappa shape index (κ1) is 20.7. The van der Waals surface area contributed by atoms with Gasteiger partial charge in [-0.15, -0.1) is 0 Å². The number of para-hydroxylation sites is 1. The smallest absolute Gasteiger partial charge is 0.251 e. The molecule has 0 fully saturated rings. The zero-order valence-electron chi connectivity index (χ0n) is 17.6. The lowest BCUT2D eigenvalue weighted by molar-refractivity contribution is 0.0902. The number of rotatable bonds is 7. The minimum Gasteiger partial charge on any atom is -0.454 e. The van der Waals surface area contributed by atoms with Gasteiger partial charge in [-0.05, 0) is 29.8 Å². The largest absolute Gasteiger partial charge is 0.454 e. The predicted octanol–water partition coefficient (Wildman–Crippen LogP) is 3.35. The van der Waals surface area contributed by atoms with Crippen LogP contribution in [0.4, 0.5) is 0 Å². The van der Waals surface area contributed by atoms with Crippen LogP contribution < -0.4 is 20.7 Å². The van der Waals surface area contributed by atoms with Crippen molar-refractivity contribution >= 4 is 22.6 Å². The van der Waals surface area contributed by atoms with Crippen LogP contribution in [0.15, 0.2) is 66.7 Å². The molecule has 5 rings (SSSR count). The Balaban J connectivity index is 1.64. The number of hydrogen-bond donors (Lipinski definition) is 3. The highest BCUT2D eigenvalue weighted by molar-refractivity contribution is 6.12. The van der Waals surface area contributed by atoms with E-state index in [-0.39, 0.29) is 19.1 Å². The summed E-state index contributed by atoms with van der Waals surface area (Å²) in [5.74, 6) is 0.530. The van der Waals surface area contributed by atoms with E-state index in [1.54, 1.807) is 12.1 Å². The van der Waals surface area contributed by atoms with Crippen LogP contribution in [0.1, 0.15) is 26.3 Å². The van der Waals surface area contributed by atoms with E-state index < -0.39 is 5.91 Å². The molecule has 2 heterocycles. The Labute approximate surface area is 189 Å². The summed E-state index contributed by atoms with van der Waals surface area (Å²) in [5.41, 5.74) is 11.9. The number of fused-ring (bicyclic) bond motifs is 2. The molecule has 8 nitrogen and oxygen atoms in total. The van der Waals surface area contributed by atoms with Crippen LogP contribution in [0.2, 0.25) is 0 Å². The first-order valence-electron chi connectivity index (χ1n) is 10.4. The first-order valence-corrected chi connectivity index (χ1v) is 10.4. The molecule has 8 heteroatoms. The number of primary amides is 1. The van der Waals surface area contributed by atoms with Crippen LogP contribution >= 0.6 is 0 Å². The third kappa shape index (κ3) is 3.71. The molecule has 0 bridgehead atoms. The molecule has 0 aliphatic carbocycles. The van der Waals surface area contributed by atoms with Crippen molar-refractivity contribution in [1.82, 2.24) is 10.0 Å². The van der Waals surface area contributed by atoms with Gasteiger partial charge in [-0.3, -0.25) is 9.59 Å². The number of ether oxygens (including phenoxy) is 2. The summed E-state index contributed by atoms with van der Waals surface area (Å²) in [4.78, 5) is 24.6. The summed E-state index contributed by atoms with van der Waals surface area (Å²) >= 11 is 0. The normalized spacial score (nSPS) is 12.3. The molecule has 33 heavy (non-hydrogen) atoms. The lowest BCUT2D eigenvalue weighted by Crippen LogP contribution is -2.19. The van der Waals surface area contributed by atoms with Crippen molar-refractivity contribution in [1.29, 1.82) is 0 Å². The minimum atomic E-state index is -0.518. The Morgan fingerprint density at radius 1 is 1.00 bits per heavy atom. The highest BCUT2D eigenvalue weighted by atomic mass is 16.7. The number of benzene rings is 3. The number of nitrogens with two attached hydrogens (primary N) is 1. The van der Waals surface area contributed by atoms with E-state index in [2.05, 4.69) is 0 Å². The number of carbonyl (C=O) groups excluding carboxylic acids is 2. The van der Waals surface area contributed by atoms with Crippen LogP contribution in [0, 0.1) is 0 Å². The van der Waals surface area contributed by atoms with Crippen LogP contribution in [0.3, 0.4) is 0 Å². The van der Waals surface area contributed by atoms with Crippen LogP contribution in [-0.4, -0.2) is 34.8 Å². The van der Waals surface area contributed by atoms with E-state index in [1.165, 1.54) is 0 Å². The molecule has 0 unspecified atom stereocenters. The SMILES string of the molecule is NC(=O)c1c(-c2ccc3c(c2)OCO3)n(Cc2ccc(C(=O)CNO)cc2)c2ccccc12. The topological polar surface area (TPSA) is 116 Å². The number of aromatic nitrogens is 1. The van der Waals surface area contributed by atoms with E-state index in [1.807, 2.05) is 64.6 Å². The quantitative estimate of drug-likeness (QED) is 0.298. The molecule has 1 aliphatic heterocycles. The minimum absolute atomic E-state index is 0.154. The van der Waals surface area contributed by atoms with Crippen LogP contribution in [-0.2, 0) is 6.54 Å². The van der Waals surface area contributed by atoms with Crippen molar-refractivity contribution < 1.29 is 24.3 Å². The highest BCUT2D eigenvalue weighted by Gasteiger charge is 2.24. The zero-order chi connectivity index (χ0) is 22.9. The average molecular weight is 443 g/mol. The van der Waals surface area contributed by atoms with Crippen molar-refractivity contribution in [2.45, 2.75) is 6.54 Å². The Bertz CT molecular complexity index is 1380. The van der Waals surface area contributed by atoms with E-state index in [0.717, 1.165) is 22.0 Å². The molecule has 1 aliphatic rings. The van der Waals surface area contributed by atoms with E-state index in [9.17, 15) is 9.59 Å². The van der Waals surface area contributed by atoms with Gasteiger partial charge in [0.15, 0.2) is 17.3 Å². The van der Waals surface area contributed by atoms with Gasteiger partial charge in [0.2, 0.25) is 6.79 Å². The molecule has 0 spiro atoms. The Kier molecular flexibility index (Phi) is 5.29. The third-order valence-corrected chi connectivity index (χ3v) is 5.72. The van der Waals surface area contributed by atoms with E-state index >= 15 is 0 Å². The Morgan fingerprint density at radius 3 is 2.52 bits per heavy atom. The van der Waals surface area contributed by atoms with E-state index in [0.29, 0.717) is 34.9 Å². The Morgan fingerprint density at radius 2 is 1.76 bits per heavy atom. The predicted molar refractivity (Wildman–Crippen MR) is 122 cm³/mol. The summed E-state index contributed by atoms with van der Waals surface area (Å²) in [6.07, 6.45) is 0. The fourth-order valence-corrected chi connectivity index (χ4v) is 4.21. The van der Waals surface area contributed by atoms with Crippen molar-refractivity contribution in [2.75, 3.05) is 13.3 Å². The molecule has 4 aromatic rings. The molecule has 1 aromatic heterocycles. The molecule has 0 radical (unpaired) electrons. The van der Waals surface area contributed by atoms with Crippen LogP contribution in [0.5, 0.6) is 11.5 Å². The van der Waals surface area contributed by atoms with Crippen molar-refractivity contribution in [3.8, 4) is 22.8 Å². The summed E-state index contributed by atoms with van der Waals surface area (Å²) in [6, 6.07) is 20.3. The van der Waals surface area contributed by atoms with Gasteiger partial charge in [0, 0.05) is 28.6 Å². The molecular formula is C25H21N3O5. The molecule has 0 saturated carbocycles. The number of hydrogen-bond acceptors (Lipinski definition) is 6. The number of ketones is 1. The lowest BCUT2D eigenvalue weighted by Gasteiger charge is -2.13. The lowest BCUT2D eigenvalue weighted by atomic mass is 10.0. The molecule has 4 N–H and O–H groups in total. The summed E-state index contributed by atoms with van der Waals surface area (Å²) in [6.45, 7) is 0.448. The van der Waals surface area contributed by atoms with Crippen molar-refractivity contribution in [2.24, 2.45) is 5.73 Å². The molecule has 166 valence electrons. The fraction of sp³-hybridized carbons (Fsp3) is 0.120. The maximum atomic E-state index is 12.6. The van der Waals surface area contributed by atoms with Gasteiger partial charge in [-0.2, -0.15) is 5.48 Å². The van der Waals surface area contributed by atoms with Gasteiger partial charge in [-0.1, -0.05) is 42.5 Å². The average Bonchev–Trinajstić information content (AvgIpc) is 3.42. The van der Waals surface area contributed by atoms with Crippen molar-refractivity contribution in [3.05, 3.63) is 83.4 Å². The van der Waals surface area contributed by atoms with Gasteiger partial charge in [-0.25, -0.2) is 0 Å². The summed E-state index contributed by atoms with van der Waals surface area (Å²) < 4.78 is 13.0. The van der Waals surface area contributed by atoms with Crippen LogP contribution in [0.25, 0.3) is 22.2 Å². The number of amides is 1. The van der Waals surface area contributed by atoms with Gasteiger partial charge in [0.05, 0.1) is 17.8 Å². The van der Waals surface area contributed by atoms with Gasteiger partial charge < -0.3 is 25.0 Å². The molecule has 0 saturated heterocycles. The fourth-order valence-electron chi connectivity index (χ4n) is 4.21. The number of Topliss-reactive ketones (excluding diaryl/α,β-unsaturated/α-hetero) is 1. The van der Waals surface area contributed by atoms with Crippen molar-refractivity contribution in [3.63, 3.8) is 0 Å².